The number of anilines is 1. The van der Waals surface area contributed by atoms with Gasteiger partial charge in [-0.3, -0.25) is 4.79 Å². The van der Waals surface area contributed by atoms with Crippen molar-refractivity contribution >= 4 is 11.7 Å². The summed E-state index contributed by atoms with van der Waals surface area (Å²) in [6.45, 7) is 1.11. The number of benzene rings is 1. The van der Waals surface area contributed by atoms with Gasteiger partial charge < -0.3 is 10.2 Å². The third-order valence-electron chi connectivity index (χ3n) is 5.12. The summed E-state index contributed by atoms with van der Waals surface area (Å²) in [5.74, 6) is -0.249. The Morgan fingerprint density at radius 2 is 1.87 bits per heavy atom. The van der Waals surface area contributed by atoms with Crippen LogP contribution in [0, 0.1) is 5.82 Å². The van der Waals surface area contributed by atoms with Crippen LogP contribution in [0.1, 0.15) is 28.9 Å². The first-order chi connectivity index (χ1) is 14.8. The molecule has 0 aliphatic carbocycles. The summed E-state index contributed by atoms with van der Waals surface area (Å²) in [4.78, 5) is 18.3. The summed E-state index contributed by atoms with van der Waals surface area (Å²) in [6.07, 6.45) is -0.747. The van der Waals surface area contributed by atoms with Crippen LogP contribution < -0.4 is 10.2 Å². The second kappa shape index (κ2) is 8.37. The average Bonchev–Trinajstić information content (AvgIpc) is 3.24. The van der Waals surface area contributed by atoms with Crippen LogP contribution in [-0.4, -0.2) is 39.8 Å². The minimum Gasteiger partial charge on any atom is -0.356 e. The largest absolute Gasteiger partial charge is 0.417 e. The van der Waals surface area contributed by atoms with Gasteiger partial charge in [0.2, 0.25) is 0 Å². The highest BCUT2D eigenvalue weighted by Gasteiger charge is 2.31. The van der Waals surface area contributed by atoms with Crippen molar-refractivity contribution in [3.05, 3.63) is 71.9 Å². The average molecular weight is 433 g/mol. The van der Waals surface area contributed by atoms with Crippen molar-refractivity contribution < 1.29 is 22.4 Å². The van der Waals surface area contributed by atoms with Gasteiger partial charge >= 0.3 is 6.18 Å². The molecule has 3 heterocycles. The van der Waals surface area contributed by atoms with Gasteiger partial charge in [-0.05, 0) is 49.2 Å². The maximum absolute atomic E-state index is 13.4. The molecular weight excluding hydrogens is 414 g/mol. The van der Waals surface area contributed by atoms with Gasteiger partial charge in [-0.1, -0.05) is 6.07 Å². The number of carbonyl (C=O) groups is 1. The third kappa shape index (κ3) is 4.84. The van der Waals surface area contributed by atoms with E-state index < -0.39 is 17.6 Å². The molecule has 1 saturated heterocycles. The lowest BCUT2D eigenvalue weighted by molar-refractivity contribution is -0.137. The van der Waals surface area contributed by atoms with Gasteiger partial charge in [0.15, 0.2) is 5.69 Å². The van der Waals surface area contributed by atoms with Crippen LogP contribution in [0.4, 0.5) is 23.4 Å². The van der Waals surface area contributed by atoms with E-state index in [1.54, 1.807) is 24.4 Å². The fourth-order valence-electron chi connectivity index (χ4n) is 3.46. The van der Waals surface area contributed by atoms with E-state index in [0.717, 1.165) is 12.3 Å². The van der Waals surface area contributed by atoms with E-state index in [-0.39, 0.29) is 17.6 Å². The van der Waals surface area contributed by atoms with Crippen LogP contribution in [0.3, 0.4) is 0 Å². The Morgan fingerprint density at radius 3 is 2.52 bits per heavy atom. The molecule has 1 aliphatic rings. The molecule has 1 aliphatic heterocycles. The highest BCUT2D eigenvalue weighted by Crippen LogP contribution is 2.29. The summed E-state index contributed by atoms with van der Waals surface area (Å²) in [5.41, 5.74) is -0.0522. The van der Waals surface area contributed by atoms with Gasteiger partial charge in [0.25, 0.3) is 5.91 Å². The summed E-state index contributed by atoms with van der Waals surface area (Å²) in [7, 11) is 0. The molecular formula is C21H19F4N5O. The first kappa shape index (κ1) is 20.8. The predicted molar refractivity (Wildman–Crippen MR) is 105 cm³/mol. The number of hydrogen-bond acceptors (Lipinski definition) is 4. The number of alkyl halides is 3. The van der Waals surface area contributed by atoms with Crippen molar-refractivity contribution in [2.45, 2.75) is 25.1 Å². The number of hydrogen-bond donors (Lipinski definition) is 1. The molecule has 162 valence electrons. The van der Waals surface area contributed by atoms with E-state index in [4.69, 9.17) is 0 Å². The normalized spacial score (nSPS) is 15.2. The first-order valence-corrected chi connectivity index (χ1v) is 9.70. The van der Waals surface area contributed by atoms with E-state index >= 15 is 0 Å². The Bertz CT molecular complexity index is 1060. The molecule has 2 aromatic heterocycles. The van der Waals surface area contributed by atoms with Crippen molar-refractivity contribution in [2.75, 3.05) is 18.0 Å². The molecule has 0 radical (unpaired) electrons. The zero-order chi connectivity index (χ0) is 22.0. The van der Waals surface area contributed by atoms with Crippen LogP contribution in [-0.2, 0) is 6.18 Å². The lowest BCUT2D eigenvalue weighted by Gasteiger charge is -2.33. The summed E-state index contributed by atoms with van der Waals surface area (Å²) >= 11 is 0. The molecule has 1 N–H and O–H groups in total. The van der Waals surface area contributed by atoms with E-state index in [1.807, 2.05) is 4.90 Å². The van der Waals surface area contributed by atoms with Crippen molar-refractivity contribution in [2.24, 2.45) is 0 Å². The summed E-state index contributed by atoms with van der Waals surface area (Å²) < 4.78 is 52.8. The lowest BCUT2D eigenvalue weighted by atomic mass is 10.0. The van der Waals surface area contributed by atoms with Crippen LogP contribution in [0.15, 0.2) is 54.9 Å². The number of carbonyl (C=O) groups excluding carboxylic acids is 1. The number of aromatic nitrogens is 3. The zero-order valence-corrected chi connectivity index (χ0v) is 16.3. The second-order valence-electron chi connectivity index (χ2n) is 7.26. The number of pyridine rings is 1. The van der Waals surface area contributed by atoms with Gasteiger partial charge in [-0.2, -0.15) is 18.3 Å². The minimum absolute atomic E-state index is 0.0856. The summed E-state index contributed by atoms with van der Waals surface area (Å²) in [6, 6.07) is 9.74. The number of nitrogens with zero attached hydrogens (tertiary/aromatic N) is 4. The molecule has 0 spiro atoms. The van der Waals surface area contributed by atoms with Crippen LogP contribution >= 0.6 is 0 Å². The molecule has 1 amide bonds. The van der Waals surface area contributed by atoms with Crippen molar-refractivity contribution in [3.8, 4) is 5.69 Å². The maximum atomic E-state index is 13.4. The van der Waals surface area contributed by atoms with E-state index in [1.165, 1.54) is 22.9 Å². The highest BCUT2D eigenvalue weighted by molar-refractivity contribution is 5.92. The number of piperidine rings is 1. The minimum atomic E-state index is -4.41. The molecule has 1 fully saturated rings. The Morgan fingerprint density at radius 1 is 1.10 bits per heavy atom. The molecule has 0 bridgehead atoms. The zero-order valence-electron chi connectivity index (χ0n) is 16.3. The lowest BCUT2D eigenvalue weighted by Crippen LogP contribution is -2.45. The monoisotopic (exact) mass is 433 g/mol. The maximum Gasteiger partial charge on any atom is 0.417 e. The molecule has 0 unspecified atom stereocenters. The molecule has 1 aromatic carbocycles. The van der Waals surface area contributed by atoms with Crippen LogP contribution in [0.25, 0.3) is 5.69 Å². The van der Waals surface area contributed by atoms with E-state index in [9.17, 15) is 22.4 Å². The highest BCUT2D eigenvalue weighted by atomic mass is 19.4. The van der Waals surface area contributed by atoms with Crippen molar-refractivity contribution in [3.63, 3.8) is 0 Å². The van der Waals surface area contributed by atoms with Gasteiger partial charge in [-0.15, -0.1) is 0 Å². The molecule has 10 heteroatoms. The summed E-state index contributed by atoms with van der Waals surface area (Å²) in [5, 5.41) is 7.13. The first-order valence-electron chi connectivity index (χ1n) is 9.70. The molecule has 31 heavy (non-hydrogen) atoms. The predicted octanol–water partition coefficient (Wildman–Crippen LogP) is 3.82. The fourth-order valence-corrected chi connectivity index (χ4v) is 3.46. The number of halogens is 4. The Kier molecular flexibility index (Phi) is 5.62. The number of nitrogens with one attached hydrogen (secondary N) is 1. The van der Waals surface area contributed by atoms with Gasteiger partial charge in [0.1, 0.15) is 11.6 Å². The third-order valence-corrected chi connectivity index (χ3v) is 5.12. The van der Waals surface area contributed by atoms with Gasteiger partial charge in [0.05, 0.1) is 11.3 Å². The Labute approximate surface area is 175 Å². The molecule has 6 nitrogen and oxygen atoms in total. The quantitative estimate of drug-likeness (QED) is 0.636. The Hall–Kier alpha value is -3.43. The molecule has 3 aromatic rings. The number of rotatable bonds is 4. The van der Waals surface area contributed by atoms with Crippen LogP contribution in [0.5, 0.6) is 0 Å². The standard InChI is InChI=1S/C21H19F4N5O/c22-15-2-1-3-17(12-15)30-11-8-18(28-30)20(31)27-16-6-9-29(10-7-16)19-5-4-14(13-26-19)21(23,24)25/h1-5,8,11-13,16H,6-7,9-10H2,(H,27,31). The van der Waals surface area contributed by atoms with Crippen LogP contribution in [0.2, 0.25) is 0 Å². The molecule has 4 rings (SSSR count). The molecule has 0 saturated carbocycles. The number of amides is 1. The van der Waals surface area contributed by atoms with Crippen molar-refractivity contribution in [1.29, 1.82) is 0 Å². The fraction of sp³-hybridized carbons (Fsp3) is 0.286. The Balaban J connectivity index is 1.32. The SMILES string of the molecule is O=C(NC1CCN(c2ccc(C(F)(F)F)cn2)CC1)c1ccn(-c2cccc(F)c2)n1. The molecule has 0 atom stereocenters. The topological polar surface area (TPSA) is 63.1 Å². The van der Waals surface area contributed by atoms with Crippen molar-refractivity contribution in [1.82, 2.24) is 20.1 Å². The smallest absolute Gasteiger partial charge is 0.356 e. The van der Waals surface area contributed by atoms with E-state index in [2.05, 4.69) is 15.4 Å². The second-order valence-corrected chi connectivity index (χ2v) is 7.26. The van der Waals surface area contributed by atoms with Gasteiger partial charge in [-0.25, -0.2) is 14.1 Å². The van der Waals surface area contributed by atoms with Gasteiger partial charge in [0, 0.05) is 31.5 Å². The van der Waals surface area contributed by atoms with E-state index in [0.29, 0.717) is 37.4 Å².